The lowest BCUT2D eigenvalue weighted by molar-refractivity contribution is -0.193. The summed E-state index contributed by atoms with van der Waals surface area (Å²) in [6.07, 6.45) is -6.91. The van der Waals surface area contributed by atoms with E-state index in [2.05, 4.69) is 31.9 Å². The summed E-state index contributed by atoms with van der Waals surface area (Å²) in [6.45, 7) is 1.09. The number of benzene rings is 2. The van der Waals surface area contributed by atoms with Crippen LogP contribution in [0.1, 0.15) is 57.5 Å². The highest BCUT2D eigenvalue weighted by atomic mass is 19.4. The van der Waals surface area contributed by atoms with Crippen LogP contribution < -0.4 is 31.9 Å². The van der Waals surface area contributed by atoms with Crippen molar-refractivity contribution >= 4 is 58.5 Å². The first-order valence-corrected chi connectivity index (χ1v) is 15.8. The lowest BCUT2D eigenvalue weighted by Crippen LogP contribution is -2.43. The van der Waals surface area contributed by atoms with E-state index < -0.39 is 47.7 Å². The van der Waals surface area contributed by atoms with Crippen LogP contribution >= 0.6 is 0 Å². The molecule has 292 valence electrons. The zero-order valence-electron chi connectivity index (χ0n) is 27.7. The molecule has 16 nitrogen and oxygen atoms in total. The number of ketones is 2. The van der Waals surface area contributed by atoms with E-state index in [-0.39, 0.29) is 59.2 Å². The minimum atomic E-state index is -5.08. The minimum Gasteiger partial charge on any atom is -0.475 e. The number of hydrogen-bond donors (Lipinski definition) is 8. The van der Waals surface area contributed by atoms with Gasteiger partial charge in [0.1, 0.15) is 0 Å². The van der Waals surface area contributed by atoms with Gasteiger partial charge in [0.05, 0.1) is 25.2 Å². The molecule has 2 aliphatic heterocycles. The predicted molar refractivity (Wildman–Crippen MR) is 172 cm³/mol. The highest BCUT2D eigenvalue weighted by molar-refractivity contribution is 6.29. The van der Waals surface area contributed by atoms with Crippen LogP contribution in [0, 0.1) is 0 Å². The number of anilines is 2. The van der Waals surface area contributed by atoms with Crippen molar-refractivity contribution in [1.29, 1.82) is 0 Å². The van der Waals surface area contributed by atoms with Crippen LogP contribution in [0.2, 0.25) is 0 Å². The monoisotopic (exact) mass is 774 g/mol. The summed E-state index contributed by atoms with van der Waals surface area (Å²) in [5.74, 6) is -7.70. The zero-order valence-corrected chi connectivity index (χ0v) is 27.7. The maximum atomic E-state index is 13.2. The largest absolute Gasteiger partial charge is 0.490 e. The predicted octanol–water partition coefficient (Wildman–Crippen LogP) is 1.34. The normalized spacial score (nSPS) is 17.3. The highest BCUT2D eigenvalue weighted by Gasteiger charge is 2.39. The molecule has 2 aromatic carbocycles. The Morgan fingerprint density at radius 1 is 0.611 bits per heavy atom. The van der Waals surface area contributed by atoms with Gasteiger partial charge in [-0.05, 0) is 75.2 Å². The van der Waals surface area contributed by atoms with Crippen molar-refractivity contribution < 1.29 is 74.9 Å². The first-order chi connectivity index (χ1) is 25.2. The number of carbonyl (C=O) groups excluding carboxylic acids is 6. The Balaban J connectivity index is 0.000000476. The Labute approximate surface area is 300 Å². The van der Waals surface area contributed by atoms with Gasteiger partial charge in [0.25, 0.3) is 0 Å². The lowest BCUT2D eigenvalue weighted by Gasteiger charge is -2.19. The number of nitrogens with one attached hydrogen (secondary N) is 6. The molecule has 2 saturated heterocycles. The fourth-order valence-electron chi connectivity index (χ4n) is 5.11. The van der Waals surface area contributed by atoms with Crippen molar-refractivity contribution in [1.82, 2.24) is 21.3 Å². The lowest BCUT2D eigenvalue weighted by atomic mass is 9.83. The van der Waals surface area contributed by atoms with E-state index in [4.69, 9.17) is 19.8 Å². The number of fused-ring (bicyclic) bond motifs is 2. The molecule has 0 saturated carbocycles. The molecular formula is C32H32F6N6O10. The quantitative estimate of drug-likeness (QED) is 0.151. The highest BCUT2D eigenvalue weighted by Crippen LogP contribution is 2.31. The van der Waals surface area contributed by atoms with E-state index in [0.717, 1.165) is 38.8 Å². The number of carbonyl (C=O) groups is 8. The number of rotatable bonds is 8. The van der Waals surface area contributed by atoms with Gasteiger partial charge in [-0.2, -0.15) is 26.3 Å². The van der Waals surface area contributed by atoms with Gasteiger partial charge >= 0.3 is 24.3 Å². The smallest absolute Gasteiger partial charge is 0.475 e. The second-order valence-electron chi connectivity index (χ2n) is 11.6. The first-order valence-electron chi connectivity index (χ1n) is 15.8. The molecule has 5 rings (SSSR count). The van der Waals surface area contributed by atoms with E-state index in [1.807, 2.05) is 0 Å². The van der Waals surface area contributed by atoms with E-state index in [0.29, 0.717) is 11.4 Å². The van der Waals surface area contributed by atoms with Crippen LogP contribution in [0.15, 0.2) is 36.4 Å². The molecule has 0 unspecified atom stereocenters. The summed E-state index contributed by atoms with van der Waals surface area (Å²) in [7, 11) is 0. The van der Waals surface area contributed by atoms with Gasteiger partial charge in [0.2, 0.25) is 23.6 Å². The van der Waals surface area contributed by atoms with Gasteiger partial charge in [-0.25, -0.2) is 9.59 Å². The van der Waals surface area contributed by atoms with E-state index in [1.165, 1.54) is 36.4 Å². The summed E-state index contributed by atoms with van der Waals surface area (Å²) < 4.78 is 63.5. The molecule has 2 fully saturated rings. The Morgan fingerprint density at radius 2 is 0.944 bits per heavy atom. The molecule has 2 aromatic rings. The van der Waals surface area contributed by atoms with Gasteiger partial charge < -0.3 is 42.1 Å². The molecule has 4 amide bonds. The summed E-state index contributed by atoms with van der Waals surface area (Å²) in [4.78, 5) is 93.2. The minimum absolute atomic E-state index is 0.148. The van der Waals surface area contributed by atoms with Crippen LogP contribution in [0.5, 0.6) is 0 Å². The van der Waals surface area contributed by atoms with Crippen molar-refractivity contribution in [2.24, 2.45) is 0 Å². The molecule has 2 heterocycles. The Hall–Kier alpha value is -5.90. The average Bonchev–Trinajstić information content (AvgIpc) is 3.84. The molecule has 54 heavy (non-hydrogen) atoms. The number of hydrogen-bond acceptors (Lipinski definition) is 10. The maximum absolute atomic E-state index is 13.2. The number of carboxylic acids is 2. The molecule has 0 spiro atoms. The molecule has 1 aliphatic carbocycles. The average molecular weight is 775 g/mol. The van der Waals surface area contributed by atoms with Gasteiger partial charge in [-0.3, -0.25) is 28.8 Å². The third-order valence-corrected chi connectivity index (χ3v) is 7.67. The topological polar surface area (TPSA) is 249 Å². The number of aliphatic carboxylic acids is 2. The van der Waals surface area contributed by atoms with Crippen LogP contribution in [-0.4, -0.2) is 108 Å². The SMILES string of the molecule is O=C(CNC(=O)[C@@H]1CCCN1)Nc1ccc2c(c1)C(=O)c1ccc(NC(=O)CNC(=O)[C@@H]3CCCN3)cc1C2=O.O=C(O)C(F)(F)F.O=C(O)C(F)(F)F. The van der Waals surface area contributed by atoms with E-state index >= 15 is 0 Å². The van der Waals surface area contributed by atoms with Crippen molar-refractivity contribution in [2.75, 3.05) is 36.8 Å². The number of amides is 4. The van der Waals surface area contributed by atoms with Crippen LogP contribution in [0.25, 0.3) is 0 Å². The van der Waals surface area contributed by atoms with E-state index in [1.54, 1.807) is 0 Å². The van der Waals surface area contributed by atoms with Crippen molar-refractivity contribution in [3.8, 4) is 0 Å². The molecule has 0 radical (unpaired) electrons. The number of carboxylic acid groups (broad SMARTS) is 2. The molecule has 22 heteroatoms. The fraction of sp³-hybridized carbons (Fsp3) is 0.375. The van der Waals surface area contributed by atoms with Crippen molar-refractivity contribution in [3.05, 3.63) is 58.7 Å². The molecule has 0 bridgehead atoms. The third kappa shape index (κ3) is 12.1. The number of alkyl halides is 6. The molecule has 8 N–H and O–H groups in total. The van der Waals surface area contributed by atoms with Crippen LogP contribution in [0.4, 0.5) is 37.7 Å². The molecular weight excluding hydrogens is 742 g/mol. The summed E-state index contributed by atoms with van der Waals surface area (Å²) in [6, 6.07) is 8.24. The van der Waals surface area contributed by atoms with Gasteiger partial charge in [0.15, 0.2) is 11.6 Å². The second-order valence-corrected chi connectivity index (χ2v) is 11.6. The van der Waals surface area contributed by atoms with Crippen molar-refractivity contribution in [3.63, 3.8) is 0 Å². The Bertz CT molecular complexity index is 1680. The van der Waals surface area contributed by atoms with Crippen LogP contribution in [0.3, 0.4) is 0 Å². The Kier molecular flexibility index (Phi) is 14.4. The summed E-state index contributed by atoms with van der Waals surface area (Å²) in [5, 5.41) is 30.9. The van der Waals surface area contributed by atoms with Crippen LogP contribution in [-0.2, 0) is 28.8 Å². The van der Waals surface area contributed by atoms with Gasteiger partial charge in [-0.15, -0.1) is 0 Å². The molecule has 0 aromatic heterocycles. The molecule has 3 aliphatic rings. The Morgan fingerprint density at radius 3 is 1.22 bits per heavy atom. The first kappa shape index (κ1) is 42.5. The zero-order chi connectivity index (χ0) is 40.4. The van der Waals surface area contributed by atoms with Gasteiger partial charge in [-0.1, -0.05) is 0 Å². The third-order valence-electron chi connectivity index (χ3n) is 7.67. The fourth-order valence-corrected chi connectivity index (χ4v) is 5.11. The van der Waals surface area contributed by atoms with E-state index in [9.17, 15) is 55.1 Å². The van der Waals surface area contributed by atoms with Crippen molar-refractivity contribution in [2.45, 2.75) is 50.1 Å². The van der Waals surface area contributed by atoms with Gasteiger partial charge in [0, 0.05) is 33.6 Å². The molecule has 2 atom stereocenters. The summed E-state index contributed by atoms with van der Waals surface area (Å²) in [5.41, 5.74) is 1.29. The summed E-state index contributed by atoms with van der Waals surface area (Å²) >= 11 is 0. The number of halogens is 6. The maximum Gasteiger partial charge on any atom is 0.490 e. The standard InChI is InChI=1S/C28H30N6O6.2C2HF3O2/c35-23(13-31-27(39)21-3-1-9-29-21)33-15-5-7-17-19(11-15)25(37)18-8-6-16(12-20(18)26(17)38)34-24(36)14-32-28(40)22-4-2-10-30-22;2*3-2(4,5)1(6)7/h5-8,11-12,21-22,29-30H,1-4,9-10,13-14H2,(H,31,39)(H,32,40)(H,33,35)(H,34,36);2*(H,6,7)/t21-,22-;;/m0../s1. The second kappa shape index (κ2) is 18.2.